The zero-order valence-electron chi connectivity index (χ0n) is 17.3. The van der Waals surface area contributed by atoms with Crippen LogP contribution in [0.4, 0.5) is 5.69 Å². The number of aromatic nitrogens is 3. The van der Waals surface area contributed by atoms with Crippen LogP contribution in [0.1, 0.15) is 23.0 Å². The number of hydrogen-bond acceptors (Lipinski definition) is 6. The average molecular weight is 462 g/mol. The number of rotatable bonds is 5. The zero-order chi connectivity index (χ0) is 23.4. The van der Waals surface area contributed by atoms with Crippen molar-refractivity contribution in [3.63, 3.8) is 0 Å². The molecular formula is C22H18N6O4S. The number of thiocarbonyl (C=S) groups is 1. The van der Waals surface area contributed by atoms with E-state index in [1.165, 1.54) is 4.68 Å². The van der Waals surface area contributed by atoms with Gasteiger partial charge in [0.05, 0.1) is 23.4 Å². The minimum Gasteiger partial charge on any atom is -0.493 e. The number of H-pyrrole nitrogens is 2. The summed E-state index contributed by atoms with van der Waals surface area (Å²) >= 11 is 5.11. The molecule has 0 bridgehead atoms. The minimum atomic E-state index is -0.706. The number of aliphatic imine (C=N–C) groups is 1. The number of nitrogens with one attached hydrogen (secondary N) is 2. The molecule has 2 heterocycles. The van der Waals surface area contributed by atoms with Crippen molar-refractivity contribution >= 4 is 46.1 Å². The van der Waals surface area contributed by atoms with Crippen LogP contribution in [0.5, 0.6) is 5.88 Å². The van der Waals surface area contributed by atoms with Crippen LogP contribution in [0, 0.1) is 0 Å². The average Bonchev–Trinajstić information content (AvgIpc) is 3.32. The fourth-order valence-electron chi connectivity index (χ4n) is 3.14. The van der Waals surface area contributed by atoms with Gasteiger partial charge in [-0.2, -0.15) is 0 Å². The molecule has 11 heteroatoms. The van der Waals surface area contributed by atoms with Crippen molar-refractivity contribution < 1.29 is 14.6 Å². The molecule has 10 nitrogen and oxygen atoms in total. The Balaban J connectivity index is 1.65. The smallest absolute Gasteiger partial charge is 0.357 e. The number of benzene rings is 2. The molecule has 0 amide bonds. The van der Waals surface area contributed by atoms with Crippen LogP contribution in [-0.2, 0) is 4.74 Å². The van der Waals surface area contributed by atoms with E-state index >= 15 is 0 Å². The van der Waals surface area contributed by atoms with Crippen LogP contribution in [0.15, 0.2) is 74.6 Å². The number of carbonyl (C=O) groups is 1. The van der Waals surface area contributed by atoms with Gasteiger partial charge in [-0.3, -0.25) is 9.89 Å². The second kappa shape index (κ2) is 9.40. The van der Waals surface area contributed by atoms with E-state index in [0.717, 1.165) is 6.21 Å². The highest BCUT2D eigenvalue weighted by atomic mass is 32.1. The van der Waals surface area contributed by atoms with Crippen molar-refractivity contribution in [3.8, 4) is 11.6 Å². The SMILES string of the molecule is CCOC(=O)c1[nH]n(-c2ccccc2)c(=O)c1C=NC(=S)N=Nc1c(O)[nH]c2ccccc12. The molecule has 0 aliphatic heterocycles. The topological polar surface area (TPSA) is 137 Å². The number of para-hydroxylation sites is 2. The molecule has 0 aliphatic carbocycles. The Morgan fingerprint density at radius 2 is 1.91 bits per heavy atom. The minimum absolute atomic E-state index is 0.0372. The maximum absolute atomic E-state index is 12.9. The van der Waals surface area contributed by atoms with Gasteiger partial charge in [0.1, 0.15) is 0 Å². The molecule has 0 unspecified atom stereocenters. The summed E-state index contributed by atoms with van der Waals surface area (Å²) in [6.07, 6.45) is 1.14. The Hall–Kier alpha value is -4.38. The molecule has 33 heavy (non-hydrogen) atoms. The summed E-state index contributed by atoms with van der Waals surface area (Å²) in [7, 11) is 0. The largest absolute Gasteiger partial charge is 0.493 e. The molecular weight excluding hydrogens is 444 g/mol. The number of hydrogen-bond donors (Lipinski definition) is 3. The summed E-state index contributed by atoms with van der Waals surface area (Å²) < 4.78 is 6.25. The normalized spacial score (nSPS) is 11.5. The Bertz CT molecular complexity index is 1450. The highest BCUT2D eigenvalue weighted by Crippen LogP contribution is 2.35. The van der Waals surface area contributed by atoms with Crippen LogP contribution < -0.4 is 5.56 Å². The number of esters is 1. The number of azo groups is 1. The van der Waals surface area contributed by atoms with Crippen molar-refractivity contribution in [2.75, 3.05) is 6.61 Å². The fourth-order valence-corrected chi connectivity index (χ4v) is 3.23. The Morgan fingerprint density at radius 1 is 1.18 bits per heavy atom. The van der Waals surface area contributed by atoms with Crippen LogP contribution in [0.25, 0.3) is 16.6 Å². The summed E-state index contributed by atoms with van der Waals surface area (Å²) in [6.45, 7) is 1.79. The zero-order valence-corrected chi connectivity index (χ0v) is 18.2. The number of aromatic hydroxyl groups is 1. The Kier molecular flexibility index (Phi) is 6.22. The van der Waals surface area contributed by atoms with E-state index in [1.54, 1.807) is 55.5 Å². The monoisotopic (exact) mass is 462 g/mol. The van der Waals surface area contributed by atoms with Gasteiger partial charge >= 0.3 is 5.97 Å². The third-order valence-electron chi connectivity index (χ3n) is 4.62. The molecule has 2 aromatic carbocycles. The lowest BCUT2D eigenvalue weighted by Gasteiger charge is -2.01. The molecule has 166 valence electrons. The van der Waals surface area contributed by atoms with Gasteiger partial charge in [0.25, 0.3) is 5.56 Å². The third kappa shape index (κ3) is 4.48. The summed E-state index contributed by atoms with van der Waals surface area (Å²) in [6, 6.07) is 15.9. The van der Waals surface area contributed by atoms with Crippen molar-refractivity contribution in [1.82, 2.24) is 14.8 Å². The van der Waals surface area contributed by atoms with Gasteiger partial charge in [0, 0.05) is 11.6 Å². The van der Waals surface area contributed by atoms with Crippen molar-refractivity contribution in [3.05, 3.63) is 76.2 Å². The number of carbonyl (C=O) groups excluding carboxylic acids is 1. The lowest BCUT2D eigenvalue weighted by atomic mass is 10.2. The van der Waals surface area contributed by atoms with E-state index < -0.39 is 11.5 Å². The molecule has 0 spiro atoms. The van der Waals surface area contributed by atoms with Gasteiger partial charge in [0.15, 0.2) is 11.4 Å². The van der Waals surface area contributed by atoms with Crippen molar-refractivity contribution in [2.24, 2.45) is 15.2 Å². The fraction of sp³-hybridized carbons (Fsp3) is 0.0909. The molecule has 4 rings (SSSR count). The summed E-state index contributed by atoms with van der Waals surface area (Å²) in [5, 5.41) is 21.1. The third-order valence-corrected chi connectivity index (χ3v) is 4.81. The van der Waals surface area contributed by atoms with E-state index in [4.69, 9.17) is 17.0 Å². The lowest BCUT2D eigenvalue weighted by Crippen LogP contribution is -2.17. The van der Waals surface area contributed by atoms with E-state index in [0.29, 0.717) is 16.6 Å². The standard InChI is InChI=1S/C22H18N6O4S/c1-2-32-21(31)18-15(20(30)28(27-18)13-8-4-3-5-9-13)12-23-22(33)26-25-17-14-10-6-7-11-16(14)24-19(17)29/h3-12,24,27,29H,2H2,1H3. The predicted molar refractivity (Wildman–Crippen MR) is 127 cm³/mol. The molecule has 0 atom stereocenters. The molecule has 4 aromatic rings. The number of aromatic amines is 2. The first-order chi connectivity index (χ1) is 16.0. The highest BCUT2D eigenvalue weighted by molar-refractivity contribution is 7.80. The van der Waals surface area contributed by atoms with Gasteiger partial charge in [-0.15, -0.1) is 10.2 Å². The number of ether oxygens (including phenoxy) is 1. The number of fused-ring (bicyclic) bond motifs is 1. The molecule has 0 radical (unpaired) electrons. The quantitative estimate of drug-likeness (QED) is 0.178. The second-order valence-corrected chi connectivity index (χ2v) is 7.07. The lowest BCUT2D eigenvalue weighted by molar-refractivity contribution is 0.0519. The Morgan fingerprint density at radius 3 is 2.67 bits per heavy atom. The maximum atomic E-state index is 12.9. The van der Waals surface area contributed by atoms with E-state index in [-0.39, 0.29) is 34.5 Å². The van der Waals surface area contributed by atoms with Crippen LogP contribution in [0.2, 0.25) is 0 Å². The molecule has 0 aliphatic rings. The summed E-state index contributed by atoms with van der Waals surface area (Å²) in [4.78, 5) is 32.1. The maximum Gasteiger partial charge on any atom is 0.357 e. The van der Waals surface area contributed by atoms with Gasteiger partial charge in [-0.05, 0) is 37.3 Å². The van der Waals surface area contributed by atoms with Gasteiger partial charge in [-0.25, -0.2) is 14.5 Å². The van der Waals surface area contributed by atoms with Crippen molar-refractivity contribution in [1.29, 1.82) is 0 Å². The molecule has 0 saturated carbocycles. The predicted octanol–water partition coefficient (Wildman–Crippen LogP) is 4.02. The summed E-state index contributed by atoms with van der Waals surface area (Å²) in [5.74, 6) is -0.866. The second-order valence-electron chi connectivity index (χ2n) is 6.71. The van der Waals surface area contributed by atoms with Crippen molar-refractivity contribution in [2.45, 2.75) is 6.92 Å². The molecule has 0 fully saturated rings. The van der Waals surface area contributed by atoms with E-state index in [9.17, 15) is 14.7 Å². The van der Waals surface area contributed by atoms with Crippen LogP contribution in [-0.4, -0.2) is 43.8 Å². The Labute approximate surface area is 192 Å². The molecule has 0 saturated heterocycles. The summed E-state index contributed by atoms with van der Waals surface area (Å²) in [5.41, 5.74) is 0.815. The van der Waals surface area contributed by atoms with Gasteiger partial charge < -0.3 is 14.8 Å². The highest BCUT2D eigenvalue weighted by Gasteiger charge is 2.21. The van der Waals surface area contributed by atoms with Gasteiger partial charge in [0.2, 0.25) is 11.0 Å². The molecule has 2 aromatic heterocycles. The van der Waals surface area contributed by atoms with Gasteiger partial charge in [-0.1, -0.05) is 36.4 Å². The number of nitrogens with zero attached hydrogens (tertiary/aromatic N) is 4. The first-order valence-corrected chi connectivity index (χ1v) is 10.3. The van der Waals surface area contributed by atoms with Crippen LogP contribution >= 0.6 is 12.2 Å². The molecule has 3 N–H and O–H groups in total. The van der Waals surface area contributed by atoms with E-state index in [1.807, 2.05) is 6.07 Å². The van der Waals surface area contributed by atoms with E-state index in [2.05, 4.69) is 25.3 Å². The first kappa shape index (κ1) is 21.8. The van der Waals surface area contributed by atoms with Crippen LogP contribution in [0.3, 0.4) is 0 Å². The first-order valence-electron chi connectivity index (χ1n) is 9.86.